The van der Waals surface area contributed by atoms with Crippen LogP contribution >= 0.6 is 0 Å². The van der Waals surface area contributed by atoms with Crippen molar-refractivity contribution < 1.29 is 4.79 Å². The maximum absolute atomic E-state index is 11.9. The fourth-order valence-electron chi connectivity index (χ4n) is 1.98. The van der Waals surface area contributed by atoms with Gasteiger partial charge in [-0.2, -0.15) is 0 Å². The van der Waals surface area contributed by atoms with Crippen LogP contribution in [0.25, 0.3) is 0 Å². The molecule has 2 nitrogen and oxygen atoms in total. The molecule has 0 bridgehead atoms. The zero-order chi connectivity index (χ0) is 9.41. The van der Waals surface area contributed by atoms with Crippen molar-refractivity contribution in [3.05, 3.63) is 0 Å². The second-order valence-corrected chi connectivity index (χ2v) is 4.94. The van der Waals surface area contributed by atoms with Crippen molar-refractivity contribution in [1.82, 2.24) is 0 Å². The summed E-state index contributed by atoms with van der Waals surface area (Å²) in [5, 5.41) is 0. The highest BCUT2D eigenvalue weighted by atomic mass is 16.1. The Morgan fingerprint density at radius 3 is 2.00 bits per heavy atom. The van der Waals surface area contributed by atoms with Gasteiger partial charge in [0.2, 0.25) is 0 Å². The molecule has 2 N–H and O–H groups in total. The number of nitrogens with two attached hydrogens (primary N) is 1. The van der Waals surface area contributed by atoms with Crippen molar-refractivity contribution in [3.63, 3.8) is 0 Å². The molecule has 1 fully saturated rings. The second kappa shape index (κ2) is 2.84. The average molecular weight is 169 g/mol. The molecule has 0 aliphatic heterocycles. The average Bonchev–Trinajstić information content (AvgIpc) is 2.34. The highest BCUT2D eigenvalue weighted by Gasteiger charge is 2.42. The summed E-state index contributed by atoms with van der Waals surface area (Å²) in [6.07, 6.45) is 3.98. The molecule has 1 aliphatic rings. The monoisotopic (exact) mass is 169 g/mol. The van der Waals surface area contributed by atoms with Crippen LogP contribution in [0.4, 0.5) is 0 Å². The Morgan fingerprint density at radius 1 is 1.25 bits per heavy atom. The van der Waals surface area contributed by atoms with Crippen molar-refractivity contribution >= 4 is 5.78 Å². The molecule has 2 heteroatoms. The van der Waals surface area contributed by atoms with Gasteiger partial charge in [0.25, 0.3) is 0 Å². The highest BCUT2D eigenvalue weighted by Crippen LogP contribution is 2.33. The van der Waals surface area contributed by atoms with Crippen LogP contribution in [-0.4, -0.2) is 11.3 Å². The van der Waals surface area contributed by atoms with E-state index >= 15 is 0 Å². The van der Waals surface area contributed by atoms with Crippen LogP contribution in [0.2, 0.25) is 0 Å². The molecule has 0 saturated heterocycles. The summed E-state index contributed by atoms with van der Waals surface area (Å²) in [7, 11) is 0. The van der Waals surface area contributed by atoms with Crippen LogP contribution in [0.3, 0.4) is 0 Å². The lowest BCUT2D eigenvalue weighted by Gasteiger charge is -2.29. The van der Waals surface area contributed by atoms with Gasteiger partial charge >= 0.3 is 0 Å². The first-order chi connectivity index (χ1) is 5.36. The summed E-state index contributed by atoms with van der Waals surface area (Å²) < 4.78 is 0. The van der Waals surface area contributed by atoms with Crippen LogP contribution in [-0.2, 0) is 4.79 Å². The Kier molecular flexibility index (Phi) is 2.30. The fraction of sp³-hybridized carbons (Fsp3) is 0.900. The molecule has 0 aromatic heterocycles. The van der Waals surface area contributed by atoms with Crippen LogP contribution < -0.4 is 5.73 Å². The van der Waals surface area contributed by atoms with E-state index in [-0.39, 0.29) is 11.2 Å². The molecule has 0 atom stereocenters. The third-order valence-corrected chi connectivity index (χ3v) is 2.63. The molecule has 0 radical (unpaired) electrons. The Labute approximate surface area is 74.5 Å². The minimum Gasteiger partial charge on any atom is -0.319 e. The first-order valence-electron chi connectivity index (χ1n) is 4.70. The number of hydrogen-bond donors (Lipinski definition) is 1. The van der Waals surface area contributed by atoms with E-state index in [1.807, 2.05) is 20.8 Å². The van der Waals surface area contributed by atoms with E-state index in [0.29, 0.717) is 0 Å². The quantitative estimate of drug-likeness (QED) is 0.651. The molecule has 0 unspecified atom stereocenters. The van der Waals surface area contributed by atoms with E-state index in [9.17, 15) is 4.79 Å². The first-order valence-corrected chi connectivity index (χ1v) is 4.70. The van der Waals surface area contributed by atoms with Gasteiger partial charge in [0, 0.05) is 5.41 Å². The van der Waals surface area contributed by atoms with Gasteiger partial charge in [-0.1, -0.05) is 33.6 Å². The lowest BCUT2D eigenvalue weighted by Crippen LogP contribution is -2.50. The number of carbonyl (C=O) groups excluding carboxylic acids is 1. The molecule has 1 rings (SSSR count). The number of carbonyl (C=O) groups is 1. The largest absolute Gasteiger partial charge is 0.319 e. The second-order valence-electron chi connectivity index (χ2n) is 4.94. The zero-order valence-corrected chi connectivity index (χ0v) is 8.31. The van der Waals surface area contributed by atoms with Crippen LogP contribution in [0.15, 0.2) is 0 Å². The number of hydrogen-bond acceptors (Lipinski definition) is 2. The molecule has 1 aliphatic carbocycles. The summed E-state index contributed by atoms with van der Waals surface area (Å²) in [4.78, 5) is 11.9. The Hall–Kier alpha value is -0.370. The van der Waals surface area contributed by atoms with E-state index in [0.717, 1.165) is 25.7 Å². The molecule has 70 valence electrons. The number of rotatable bonds is 1. The lowest BCUT2D eigenvalue weighted by atomic mass is 9.78. The third kappa shape index (κ3) is 1.69. The van der Waals surface area contributed by atoms with Gasteiger partial charge in [0.1, 0.15) is 0 Å². The first kappa shape index (κ1) is 9.72. The predicted molar refractivity (Wildman–Crippen MR) is 49.8 cm³/mol. The molecule has 0 aromatic rings. The van der Waals surface area contributed by atoms with Gasteiger partial charge in [0.15, 0.2) is 5.78 Å². The van der Waals surface area contributed by atoms with Crippen molar-refractivity contribution in [1.29, 1.82) is 0 Å². The fourth-order valence-corrected chi connectivity index (χ4v) is 1.98. The summed E-state index contributed by atoms with van der Waals surface area (Å²) in [5.74, 6) is 0.229. The standard InChI is InChI=1S/C10H19NO/c1-9(2,3)8(12)10(11)6-4-5-7-10/h4-7,11H2,1-3H3. The minimum absolute atomic E-state index is 0.229. The number of Topliss-reactive ketones (excluding diaryl/α,β-unsaturated/α-hetero) is 1. The van der Waals surface area contributed by atoms with E-state index in [4.69, 9.17) is 5.73 Å². The Balaban J connectivity index is 2.75. The summed E-state index contributed by atoms with van der Waals surface area (Å²) in [5.41, 5.74) is 5.26. The van der Waals surface area contributed by atoms with Crippen LogP contribution in [0.1, 0.15) is 46.5 Å². The normalized spacial score (nSPS) is 22.7. The van der Waals surface area contributed by atoms with Gasteiger partial charge in [-0.15, -0.1) is 0 Å². The Morgan fingerprint density at radius 2 is 1.67 bits per heavy atom. The molecule has 0 heterocycles. The van der Waals surface area contributed by atoms with Crippen molar-refractivity contribution in [2.75, 3.05) is 0 Å². The molecule has 1 saturated carbocycles. The van der Waals surface area contributed by atoms with Crippen molar-refractivity contribution in [2.45, 2.75) is 52.0 Å². The summed E-state index contributed by atoms with van der Waals surface area (Å²) in [6.45, 7) is 5.84. The SMILES string of the molecule is CC(C)(C)C(=O)C1(N)CCCC1. The van der Waals surface area contributed by atoms with Gasteiger partial charge in [-0.3, -0.25) is 4.79 Å². The van der Waals surface area contributed by atoms with Gasteiger partial charge in [-0.05, 0) is 12.8 Å². The number of ketones is 1. The van der Waals surface area contributed by atoms with Gasteiger partial charge in [-0.25, -0.2) is 0 Å². The predicted octanol–water partition coefficient (Wildman–Crippen LogP) is 1.87. The van der Waals surface area contributed by atoms with Gasteiger partial charge < -0.3 is 5.73 Å². The lowest BCUT2D eigenvalue weighted by molar-refractivity contribution is -0.131. The third-order valence-electron chi connectivity index (χ3n) is 2.63. The molecular formula is C10H19NO. The molecule has 0 amide bonds. The summed E-state index contributed by atoms with van der Waals surface area (Å²) >= 11 is 0. The molecule has 0 aromatic carbocycles. The van der Waals surface area contributed by atoms with E-state index < -0.39 is 5.54 Å². The van der Waals surface area contributed by atoms with Gasteiger partial charge in [0.05, 0.1) is 5.54 Å². The zero-order valence-electron chi connectivity index (χ0n) is 8.31. The van der Waals surface area contributed by atoms with Crippen molar-refractivity contribution in [2.24, 2.45) is 11.1 Å². The summed E-state index contributed by atoms with van der Waals surface area (Å²) in [6, 6.07) is 0. The van der Waals surface area contributed by atoms with E-state index in [1.54, 1.807) is 0 Å². The smallest absolute Gasteiger partial charge is 0.157 e. The van der Waals surface area contributed by atoms with Crippen molar-refractivity contribution in [3.8, 4) is 0 Å². The topological polar surface area (TPSA) is 43.1 Å². The maximum atomic E-state index is 11.9. The molecule has 12 heavy (non-hydrogen) atoms. The van der Waals surface area contributed by atoms with Crippen LogP contribution in [0.5, 0.6) is 0 Å². The van der Waals surface area contributed by atoms with Crippen LogP contribution in [0, 0.1) is 5.41 Å². The van der Waals surface area contributed by atoms with E-state index in [1.165, 1.54) is 0 Å². The minimum atomic E-state index is -0.502. The van der Waals surface area contributed by atoms with E-state index in [2.05, 4.69) is 0 Å². The Bertz CT molecular complexity index is 185. The molecule has 0 spiro atoms. The highest BCUT2D eigenvalue weighted by molar-refractivity contribution is 5.92. The maximum Gasteiger partial charge on any atom is 0.157 e. The molecular weight excluding hydrogens is 150 g/mol.